The van der Waals surface area contributed by atoms with Gasteiger partial charge in [0.15, 0.2) is 0 Å². The van der Waals surface area contributed by atoms with E-state index in [1.54, 1.807) is 18.1 Å². The molecule has 2 aromatic carbocycles. The Morgan fingerprint density at radius 2 is 2.00 bits per heavy atom. The molecular weight excluding hydrogens is 476 g/mol. The molecule has 3 rings (SSSR count). The molecule has 0 fully saturated rings. The molecule has 35 heavy (non-hydrogen) atoms. The fourth-order valence-corrected chi connectivity index (χ4v) is 4.98. The summed E-state index contributed by atoms with van der Waals surface area (Å²) < 4.78 is 28.7. The van der Waals surface area contributed by atoms with Gasteiger partial charge in [0, 0.05) is 26.2 Å². The molecule has 0 radical (unpaired) electrons. The number of hydrazone groups is 1. The fourth-order valence-electron chi connectivity index (χ4n) is 3.56. The second-order valence-corrected chi connectivity index (χ2v) is 8.92. The standard InChI is InChI=1S/C23H25F2N7O2S/c1-30(21(27)28-15-26)13-7-12-23(16-8-5-4-6-9-16)32(22(33)31(2)34-3)29-20(35-23)18-14-17(24)10-11-19(18)25/h4-6,8-11,14H,7,12-13H2,1-3H3,(H2,27,28). The Kier molecular flexibility index (Phi) is 8.26. The van der Waals surface area contributed by atoms with Gasteiger partial charge < -0.3 is 10.6 Å². The molecule has 2 aromatic rings. The molecule has 2 amide bonds. The lowest BCUT2D eigenvalue weighted by molar-refractivity contribution is -0.0806. The summed E-state index contributed by atoms with van der Waals surface area (Å²) in [7, 11) is 4.47. The van der Waals surface area contributed by atoms with Crippen molar-refractivity contribution >= 4 is 28.8 Å². The van der Waals surface area contributed by atoms with Crippen molar-refractivity contribution in [3.8, 4) is 6.19 Å². The maximum atomic E-state index is 14.7. The number of hydrogen-bond donors (Lipinski definition) is 1. The molecule has 0 saturated carbocycles. The van der Waals surface area contributed by atoms with Gasteiger partial charge in [0.05, 0.1) is 7.11 Å². The van der Waals surface area contributed by atoms with Gasteiger partial charge in [0.1, 0.15) is 21.5 Å². The third-order valence-electron chi connectivity index (χ3n) is 5.47. The Morgan fingerprint density at radius 3 is 2.66 bits per heavy atom. The number of benzene rings is 2. The number of carbonyl (C=O) groups is 1. The number of rotatable bonds is 7. The van der Waals surface area contributed by atoms with Crippen LogP contribution >= 0.6 is 11.8 Å². The number of hydroxylamine groups is 2. The second kappa shape index (κ2) is 11.2. The van der Waals surface area contributed by atoms with Crippen molar-refractivity contribution in [2.24, 2.45) is 15.8 Å². The summed E-state index contributed by atoms with van der Waals surface area (Å²) in [5.41, 5.74) is 6.48. The second-order valence-electron chi connectivity index (χ2n) is 7.65. The van der Waals surface area contributed by atoms with E-state index < -0.39 is 22.5 Å². The molecule has 1 aliphatic rings. The summed E-state index contributed by atoms with van der Waals surface area (Å²) in [6, 6.07) is 11.7. The van der Waals surface area contributed by atoms with Crippen LogP contribution in [0, 0.1) is 23.1 Å². The van der Waals surface area contributed by atoms with Gasteiger partial charge in [-0.25, -0.2) is 18.6 Å². The van der Waals surface area contributed by atoms with Crippen LogP contribution in [0.5, 0.6) is 0 Å². The molecule has 0 aliphatic carbocycles. The van der Waals surface area contributed by atoms with E-state index in [9.17, 15) is 13.6 Å². The average Bonchev–Trinajstić information content (AvgIpc) is 3.25. The topological polar surface area (TPSA) is 111 Å². The van der Waals surface area contributed by atoms with Crippen molar-refractivity contribution in [2.75, 3.05) is 27.7 Å². The number of halogens is 2. The molecule has 1 heterocycles. The predicted molar refractivity (Wildman–Crippen MR) is 130 cm³/mol. The lowest BCUT2D eigenvalue weighted by Crippen LogP contribution is -2.47. The normalized spacial score (nSPS) is 17.7. The number of hydrogen-bond acceptors (Lipinski definition) is 6. The summed E-state index contributed by atoms with van der Waals surface area (Å²) in [5, 5.41) is 15.6. The molecule has 0 saturated heterocycles. The van der Waals surface area contributed by atoms with Crippen LogP contribution in [0.3, 0.4) is 0 Å². The SMILES string of the molecule is CON(C)C(=O)N1N=C(c2cc(F)ccc2F)SC1(CCCN(C)/C(N)=N/C#N)c1ccccc1. The zero-order valence-electron chi connectivity index (χ0n) is 19.5. The van der Waals surface area contributed by atoms with Crippen molar-refractivity contribution in [1.82, 2.24) is 15.0 Å². The minimum Gasteiger partial charge on any atom is -0.369 e. The van der Waals surface area contributed by atoms with E-state index in [2.05, 4.69) is 10.1 Å². The first-order valence-electron chi connectivity index (χ1n) is 10.6. The Morgan fingerprint density at radius 1 is 1.29 bits per heavy atom. The van der Waals surface area contributed by atoms with E-state index >= 15 is 0 Å². The smallest absolute Gasteiger partial charge is 0.365 e. The number of amides is 2. The van der Waals surface area contributed by atoms with E-state index in [4.69, 9.17) is 15.8 Å². The molecule has 184 valence electrons. The predicted octanol–water partition coefficient (Wildman–Crippen LogP) is 3.65. The number of urea groups is 1. The third-order valence-corrected chi connectivity index (χ3v) is 6.92. The first-order chi connectivity index (χ1) is 16.7. The lowest BCUT2D eigenvalue weighted by Gasteiger charge is -2.37. The quantitative estimate of drug-likeness (QED) is 0.268. The maximum absolute atomic E-state index is 14.7. The number of nitrogens with zero attached hydrogens (tertiary/aromatic N) is 6. The summed E-state index contributed by atoms with van der Waals surface area (Å²) in [6.45, 7) is 0.415. The number of carbonyl (C=O) groups excluding carboxylic acids is 1. The van der Waals surface area contributed by atoms with Crippen LogP contribution in [0.1, 0.15) is 24.0 Å². The molecule has 9 nitrogen and oxygen atoms in total. The highest BCUT2D eigenvalue weighted by Crippen LogP contribution is 2.51. The van der Waals surface area contributed by atoms with Crippen molar-refractivity contribution in [1.29, 1.82) is 5.26 Å². The van der Waals surface area contributed by atoms with Crippen molar-refractivity contribution in [2.45, 2.75) is 17.7 Å². The van der Waals surface area contributed by atoms with Crippen molar-refractivity contribution in [3.63, 3.8) is 0 Å². The highest BCUT2D eigenvalue weighted by molar-refractivity contribution is 8.15. The average molecular weight is 502 g/mol. The van der Waals surface area contributed by atoms with Crippen LogP contribution < -0.4 is 5.73 Å². The first kappa shape index (κ1) is 25.9. The van der Waals surface area contributed by atoms with Gasteiger partial charge in [0.25, 0.3) is 0 Å². The molecule has 1 aliphatic heterocycles. The van der Waals surface area contributed by atoms with Gasteiger partial charge in [-0.15, -0.1) is 4.99 Å². The van der Waals surface area contributed by atoms with Gasteiger partial charge in [-0.05, 0) is 36.6 Å². The highest BCUT2D eigenvalue weighted by atomic mass is 32.2. The summed E-state index contributed by atoms with van der Waals surface area (Å²) in [4.78, 5) is 22.5. The highest BCUT2D eigenvalue weighted by Gasteiger charge is 2.49. The van der Waals surface area contributed by atoms with E-state index in [0.717, 1.165) is 40.6 Å². The molecule has 0 spiro atoms. The molecule has 12 heteroatoms. The Balaban J connectivity index is 2.05. The monoisotopic (exact) mass is 501 g/mol. The van der Waals surface area contributed by atoms with Crippen LogP contribution in [0.2, 0.25) is 0 Å². The lowest BCUT2D eigenvalue weighted by atomic mass is 10.0. The molecule has 2 N–H and O–H groups in total. The molecular formula is C23H25F2N7O2S. The zero-order chi connectivity index (χ0) is 25.6. The van der Waals surface area contributed by atoms with Crippen LogP contribution in [0.4, 0.5) is 13.6 Å². The van der Waals surface area contributed by atoms with E-state index in [1.807, 2.05) is 30.3 Å². The zero-order valence-corrected chi connectivity index (χ0v) is 20.3. The number of thioether (sulfide) groups is 1. The van der Waals surface area contributed by atoms with Crippen LogP contribution in [-0.2, 0) is 9.71 Å². The number of nitriles is 1. The Bertz CT molecular complexity index is 1170. The minimum absolute atomic E-state index is 0.0480. The molecule has 1 unspecified atom stereocenters. The first-order valence-corrected chi connectivity index (χ1v) is 11.4. The third kappa shape index (κ3) is 5.52. The molecule has 0 bridgehead atoms. The molecule has 0 aromatic heterocycles. The van der Waals surface area contributed by atoms with E-state index in [1.165, 1.54) is 19.2 Å². The molecule has 1 atom stereocenters. The van der Waals surface area contributed by atoms with Gasteiger partial charge >= 0.3 is 6.03 Å². The van der Waals surface area contributed by atoms with Gasteiger partial charge in [-0.1, -0.05) is 42.1 Å². The van der Waals surface area contributed by atoms with Crippen LogP contribution in [-0.4, -0.2) is 59.8 Å². The van der Waals surface area contributed by atoms with Crippen molar-refractivity contribution in [3.05, 3.63) is 71.3 Å². The van der Waals surface area contributed by atoms with E-state index in [0.29, 0.717) is 19.4 Å². The van der Waals surface area contributed by atoms with Gasteiger partial charge in [-0.2, -0.15) is 15.4 Å². The summed E-state index contributed by atoms with van der Waals surface area (Å²) >= 11 is 1.16. The minimum atomic E-state index is -1.10. The summed E-state index contributed by atoms with van der Waals surface area (Å²) in [6.07, 6.45) is 2.50. The number of guanidine groups is 1. The van der Waals surface area contributed by atoms with E-state index in [-0.39, 0.29) is 16.6 Å². The largest absolute Gasteiger partial charge is 0.369 e. The van der Waals surface area contributed by atoms with Crippen LogP contribution in [0.25, 0.3) is 0 Å². The van der Waals surface area contributed by atoms with Crippen molar-refractivity contribution < 1.29 is 18.4 Å². The maximum Gasteiger partial charge on any atom is 0.365 e. The Labute approximate surface area is 206 Å². The number of aliphatic imine (C=N–C) groups is 1. The fraction of sp³-hybridized carbons (Fsp3) is 0.304. The van der Waals surface area contributed by atoms with Gasteiger partial charge in [0.2, 0.25) is 12.2 Å². The van der Waals surface area contributed by atoms with Crippen LogP contribution in [0.15, 0.2) is 58.6 Å². The van der Waals surface area contributed by atoms with Gasteiger partial charge in [-0.3, -0.25) is 4.84 Å². The Hall–Kier alpha value is -3.69. The summed E-state index contributed by atoms with van der Waals surface area (Å²) in [5.74, 6) is -1.22. The number of nitrogens with two attached hydrogens (primary N) is 1.